The third kappa shape index (κ3) is 4.09. The smallest absolute Gasteiger partial charge is 0.143 e. The van der Waals surface area contributed by atoms with E-state index in [0.717, 1.165) is 33.1 Å². The maximum atomic E-state index is 6.50. The molecule has 2 nitrogen and oxygen atoms in total. The number of benzene rings is 6. The molecule has 0 fully saturated rings. The Morgan fingerprint density at radius 1 is 0.455 bits per heavy atom. The number of rotatable bonds is 5. The van der Waals surface area contributed by atoms with E-state index in [1.54, 1.807) is 0 Å². The Hall–Kier alpha value is -5.08. The number of fused-ring (bicyclic) bond motifs is 6. The number of furan rings is 1. The summed E-state index contributed by atoms with van der Waals surface area (Å²) >= 11 is 0. The van der Waals surface area contributed by atoms with E-state index in [1.807, 2.05) is 6.07 Å². The molecule has 0 radical (unpaired) electrons. The molecule has 0 spiro atoms. The van der Waals surface area contributed by atoms with Gasteiger partial charge in [-0.25, -0.2) is 0 Å². The Balaban J connectivity index is 1.41. The summed E-state index contributed by atoms with van der Waals surface area (Å²) < 4.78 is 8.97. The summed E-state index contributed by atoms with van der Waals surface area (Å²) in [5, 5.41) is 4.91. The Bertz CT molecular complexity index is 2280. The van der Waals surface area contributed by atoms with Crippen LogP contribution < -0.4 is 0 Å². The van der Waals surface area contributed by atoms with E-state index >= 15 is 0 Å². The molecule has 0 saturated carbocycles. The lowest BCUT2D eigenvalue weighted by molar-refractivity contribution is 0.670. The SMILES string of the molecule is CC(C)c1ccc2c(c1)c1cc(C(C)C)ccc1n2-c1ccccc1-c1ccccc1-c1cccc2c1oc1ccccc12. The van der Waals surface area contributed by atoms with E-state index in [2.05, 4.69) is 154 Å². The Kier molecular flexibility index (Phi) is 6.20. The molecule has 0 aliphatic carbocycles. The Morgan fingerprint density at radius 2 is 0.977 bits per heavy atom. The van der Waals surface area contributed by atoms with Gasteiger partial charge in [0.1, 0.15) is 11.2 Å². The highest BCUT2D eigenvalue weighted by molar-refractivity contribution is 6.12. The maximum absolute atomic E-state index is 6.50. The van der Waals surface area contributed by atoms with Crippen LogP contribution >= 0.6 is 0 Å². The molecule has 0 atom stereocenters. The van der Waals surface area contributed by atoms with Crippen molar-refractivity contribution in [1.82, 2.24) is 4.57 Å². The first-order valence-corrected chi connectivity index (χ1v) is 15.7. The lowest BCUT2D eigenvalue weighted by Gasteiger charge is -2.17. The second kappa shape index (κ2) is 10.3. The van der Waals surface area contributed by atoms with Crippen molar-refractivity contribution in [2.24, 2.45) is 0 Å². The predicted molar refractivity (Wildman–Crippen MR) is 187 cm³/mol. The molecule has 0 unspecified atom stereocenters. The Labute approximate surface area is 258 Å². The second-order valence-electron chi connectivity index (χ2n) is 12.5. The minimum absolute atomic E-state index is 0.464. The van der Waals surface area contributed by atoms with Crippen molar-refractivity contribution in [3.63, 3.8) is 0 Å². The number of para-hydroxylation sites is 3. The molecule has 8 aromatic rings. The van der Waals surface area contributed by atoms with Crippen LogP contribution in [-0.2, 0) is 0 Å². The van der Waals surface area contributed by atoms with Gasteiger partial charge < -0.3 is 8.98 Å². The van der Waals surface area contributed by atoms with E-state index in [-0.39, 0.29) is 0 Å². The minimum Gasteiger partial charge on any atom is -0.455 e. The topological polar surface area (TPSA) is 18.1 Å². The molecule has 0 aliphatic heterocycles. The van der Waals surface area contributed by atoms with Gasteiger partial charge in [0.25, 0.3) is 0 Å². The molecule has 6 aromatic carbocycles. The van der Waals surface area contributed by atoms with Gasteiger partial charge in [0.2, 0.25) is 0 Å². The predicted octanol–water partition coefficient (Wildman–Crippen LogP) is 12.3. The zero-order chi connectivity index (χ0) is 29.9. The van der Waals surface area contributed by atoms with Gasteiger partial charge in [-0.2, -0.15) is 0 Å². The molecule has 2 heteroatoms. The van der Waals surface area contributed by atoms with E-state index < -0.39 is 0 Å². The van der Waals surface area contributed by atoms with Crippen molar-refractivity contribution < 1.29 is 4.42 Å². The number of hydrogen-bond donors (Lipinski definition) is 0. The van der Waals surface area contributed by atoms with Gasteiger partial charge in [-0.3, -0.25) is 0 Å². The van der Waals surface area contributed by atoms with E-state index in [1.165, 1.54) is 49.7 Å². The molecule has 2 aromatic heterocycles. The summed E-state index contributed by atoms with van der Waals surface area (Å²) in [6.07, 6.45) is 0. The summed E-state index contributed by atoms with van der Waals surface area (Å²) in [6.45, 7) is 9.09. The number of hydrogen-bond acceptors (Lipinski definition) is 1. The average molecular weight is 570 g/mol. The van der Waals surface area contributed by atoms with E-state index in [9.17, 15) is 0 Å². The van der Waals surface area contributed by atoms with Crippen LogP contribution in [-0.4, -0.2) is 4.57 Å². The van der Waals surface area contributed by atoms with Crippen LogP contribution in [0.2, 0.25) is 0 Å². The van der Waals surface area contributed by atoms with E-state index in [4.69, 9.17) is 4.42 Å². The molecule has 2 heterocycles. The van der Waals surface area contributed by atoms with Crippen LogP contribution in [0.15, 0.2) is 132 Å². The molecule has 0 saturated heterocycles. The van der Waals surface area contributed by atoms with Gasteiger partial charge in [-0.05, 0) is 70.5 Å². The van der Waals surface area contributed by atoms with Gasteiger partial charge >= 0.3 is 0 Å². The number of aromatic nitrogens is 1. The largest absolute Gasteiger partial charge is 0.455 e. The van der Waals surface area contributed by atoms with E-state index in [0.29, 0.717) is 11.8 Å². The summed E-state index contributed by atoms with van der Waals surface area (Å²) in [7, 11) is 0. The summed E-state index contributed by atoms with van der Waals surface area (Å²) in [5.41, 5.74) is 12.9. The van der Waals surface area contributed by atoms with Gasteiger partial charge in [-0.1, -0.05) is 119 Å². The molecule has 0 N–H and O–H groups in total. The van der Waals surface area contributed by atoms with Crippen LogP contribution in [0, 0.1) is 0 Å². The molecule has 8 rings (SSSR count). The summed E-state index contributed by atoms with van der Waals surface area (Å²) in [6, 6.07) is 46.4. The van der Waals surface area contributed by atoms with Crippen molar-refractivity contribution in [3.05, 3.63) is 139 Å². The molecular formula is C42H35NO. The van der Waals surface area contributed by atoms with Crippen molar-refractivity contribution in [1.29, 1.82) is 0 Å². The second-order valence-corrected chi connectivity index (χ2v) is 12.5. The van der Waals surface area contributed by atoms with Crippen molar-refractivity contribution in [3.8, 4) is 27.9 Å². The maximum Gasteiger partial charge on any atom is 0.143 e. The lowest BCUT2D eigenvalue weighted by atomic mass is 9.92. The fourth-order valence-corrected chi connectivity index (χ4v) is 6.84. The van der Waals surface area contributed by atoms with Gasteiger partial charge in [0.15, 0.2) is 0 Å². The first-order valence-electron chi connectivity index (χ1n) is 15.7. The van der Waals surface area contributed by atoms with Gasteiger partial charge in [0, 0.05) is 32.7 Å². The fraction of sp³-hybridized carbons (Fsp3) is 0.143. The van der Waals surface area contributed by atoms with Crippen molar-refractivity contribution >= 4 is 43.7 Å². The normalized spacial score (nSPS) is 12.0. The third-order valence-corrected chi connectivity index (χ3v) is 9.20. The monoisotopic (exact) mass is 569 g/mol. The summed E-state index contributed by atoms with van der Waals surface area (Å²) in [5.74, 6) is 0.928. The molecular weight excluding hydrogens is 534 g/mol. The van der Waals surface area contributed by atoms with Crippen molar-refractivity contribution in [2.75, 3.05) is 0 Å². The lowest BCUT2D eigenvalue weighted by Crippen LogP contribution is -1.98. The molecule has 214 valence electrons. The Morgan fingerprint density at radius 3 is 1.64 bits per heavy atom. The van der Waals surface area contributed by atoms with Crippen molar-refractivity contribution in [2.45, 2.75) is 39.5 Å². The van der Waals surface area contributed by atoms with Crippen LogP contribution in [0.1, 0.15) is 50.7 Å². The standard InChI is InChI=1S/C42H35NO/c1-26(2)28-20-22-39-36(24-28)37-25-29(27(3)4)21-23-40(37)43(39)38-18-9-7-14-32(38)30-12-5-6-13-31(30)34-16-11-17-35-33-15-8-10-19-41(33)44-42(34)35/h5-27H,1-4H3. The van der Waals surface area contributed by atoms with Crippen LogP contribution in [0.5, 0.6) is 0 Å². The molecule has 0 bridgehead atoms. The first kappa shape index (κ1) is 26.5. The molecule has 0 aliphatic rings. The summed E-state index contributed by atoms with van der Waals surface area (Å²) in [4.78, 5) is 0. The third-order valence-electron chi connectivity index (χ3n) is 9.20. The van der Waals surface area contributed by atoms with Crippen LogP contribution in [0.4, 0.5) is 0 Å². The number of nitrogens with zero attached hydrogens (tertiary/aromatic N) is 1. The fourth-order valence-electron chi connectivity index (χ4n) is 6.84. The van der Waals surface area contributed by atoms with Crippen LogP contribution in [0.25, 0.3) is 71.7 Å². The quantitative estimate of drug-likeness (QED) is 0.202. The average Bonchev–Trinajstić information content (AvgIpc) is 3.60. The minimum atomic E-state index is 0.464. The molecule has 44 heavy (non-hydrogen) atoms. The zero-order valence-corrected chi connectivity index (χ0v) is 25.6. The first-order chi connectivity index (χ1) is 21.5. The zero-order valence-electron chi connectivity index (χ0n) is 25.6. The van der Waals surface area contributed by atoms with Crippen LogP contribution in [0.3, 0.4) is 0 Å². The highest BCUT2D eigenvalue weighted by Gasteiger charge is 2.20. The van der Waals surface area contributed by atoms with Gasteiger partial charge in [0.05, 0.1) is 16.7 Å². The highest BCUT2D eigenvalue weighted by atomic mass is 16.3. The molecule has 0 amide bonds. The highest BCUT2D eigenvalue weighted by Crippen LogP contribution is 2.43. The van der Waals surface area contributed by atoms with Gasteiger partial charge in [-0.15, -0.1) is 0 Å².